The molecule has 0 aliphatic rings. The van der Waals surface area contributed by atoms with Crippen molar-refractivity contribution in [3.63, 3.8) is 0 Å². The summed E-state index contributed by atoms with van der Waals surface area (Å²) in [6.45, 7) is 2.86. The van der Waals surface area contributed by atoms with Gasteiger partial charge in [-0.05, 0) is 25.5 Å². The molecule has 0 aliphatic carbocycles. The zero-order valence-electron chi connectivity index (χ0n) is 8.03. The Balaban J connectivity index is 2.73. The third-order valence-electron chi connectivity index (χ3n) is 2.28. The Kier molecular flexibility index (Phi) is 3.93. The van der Waals surface area contributed by atoms with Gasteiger partial charge < -0.3 is 10.8 Å². The zero-order valence-corrected chi connectivity index (χ0v) is 8.03. The van der Waals surface area contributed by atoms with Crippen molar-refractivity contribution in [1.82, 2.24) is 0 Å². The minimum absolute atomic E-state index is 0.181. The molecule has 0 fully saturated rings. The fourth-order valence-electron chi connectivity index (χ4n) is 1.40. The molecule has 0 bridgehead atoms. The number of hydrogen-bond acceptors (Lipinski definition) is 2. The predicted octanol–water partition coefficient (Wildman–Crippen LogP) is 1.42. The van der Waals surface area contributed by atoms with Gasteiger partial charge in [0.2, 0.25) is 0 Å². The predicted molar refractivity (Wildman–Crippen MR) is 54.7 cm³/mol. The first-order valence-electron chi connectivity index (χ1n) is 4.65. The van der Waals surface area contributed by atoms with E-state index < -0.39 is 0 Å². The van der Waals surface area contributed by atoms with E-state index in [9.17, 15) is 0 Å². The second-order valence-electron chi connectivity index (χ2n) is 3.37. The highest BCUT2D eigenvalue weighted by Crippen LogP contribution is 2.18. The molecule has 1 aromatic rings. The van der Waals surface area contributed by atoms with Crippen LogP contribution in [0.3, 0.4) is 0 Å². The van der Waals surface area contributed by atoms with E-state index in [0.717, 1.165) is 6.42 Å². The number of hydrogen-bond donors (Lipinski definition) is 2. The summed E-state index contributed by atoms with van der Waals surface area (Å²) >= 11 is 0. The van der Waals surface area contributed by atoms with Gasteiger partial charge in [-0.1, -0.05) is 29.8 Å². The number of aliphatic hydroxyl groups is 1. The standard InChI is InChI=1S/C11H17NO/c1-9-2-4-10(5-3-9)11(8-13)6-7-12/h2-5,11,13H,6-8,12H2,1H3. The van der Waals surface area contributed by atoms with E-state index in [1.807, 2.05) is 0 Å². The SMILES string of the molecule is Cc1ccc(C(CO)CCN)cc1. The Morgan fingerprint density at radius 1 is 1.31 bits per heavy atom. The summed E-state index contributed by atoms with van der Waals surface area (Å²) in [5.41, 5.74) is 7.88. The first kappa shape index (κ1) is 10.2. The van der Waals surface area contributed by atoms with Crippen molar-refractivity contribution in [3.05, 3.63) is 35.4 Å². The van der Waals surface area contributed by atoms with Crippen LogP contribution in [0, 0.1) is 6.92 Å². The summed E-state index contributed by atoms with van der Waals surface area (Å²) < 4.78 is 0. The van der Waals surface area contributed by atoms with Crippen molar-refractivity contribution >= 4 is 0 Å². The van der Waals surface area contributed by atoms with E-state index in [0.29, 0.717) is 6.54 Å². The van der Waals surface area contributed by atoms with E-state index in [4.69, 9.17) is 10.8 Å². The Morgan fingerprint density at radius 2 is 1.92 bits per heavy atom. The van der Waals surface area contributed by atoms with E-state index in [1.165, 1.54) is 11.1 Å². The molecule has 0 spiro atoms. The highest BCUT2D eigenvalue weighted by atomic mass is 16.3. The monoisotopic (exact) mass is 179 g/mol. The van der Waals surface area contributed by atoms with Gasteiger partial charge in [-0.3, -0.25) is 0 Å². The molecule has 0 saturated carbocycles. The maximum atomic E-state index is 9.12. The molecule has 2 nitrogen and oxygen atoms in total. The van der Waals surface area contributed by atoms with Crippen LogP contribution in [-0.2, 0) is 0 Å². The molecule has 0 amide bonds. The van der Waals surface area contributed by atoms with E-state index in [-0.39, 0.29) is 12.5 Å². The van der Waals surface area contributed by atoms with Gasteiger partial charge in [0, 0.05) is 12.5 Å². The molecule has 1 rings (SSSR count). The van der Waals surface area contributed by atoms with Crippen LogP contribution in [-0.4, -0.2) is 18.3 Å². The molecule has 3 N–H and O–H groups in total. The molecule has 0 aliphatic heterocycles. The summed E-state index contributed by atoms with van der Waals surface area (Å²) in [5.74, 6) is 0.200. The summed E-state index contributed by atoms with van der Waals surface area (Å²) in [7, 11) is 0. The van der Waals surface area contributed by atoms with Crippen molar-refractivity contribution < 1.29 is 5.11 Å². The van der Waals surface area contributed by atoms with Crippen molar-refractivity contribution in [1.29, 1.82) is 0 Å². The third-order valence-corrected chi connectivity index (χ3v) is 2.28. The minimum Gasteiger partial charge on any atom is -0.396 e. The van der Waals surface area contributed by atoms with Gasteiger partial charge >= 0.3 is 0 Å². The molecule has 1 unspecified atom stereocenters. The van der Waals surface area contributed by atoms with Crippen LogP contribution in [0.4, 0.5) is 0 Å². The first-order chi connectivity index (χ1) is 6.27. The number of nitrogens with two attached hydrogens (primary N) is 1. The smallest absolute Gasteiger partial charge is 0.0500 e. The minimum atomic E-state index is 0.181. The number of rotatable bonds is 4. The maximum Gasteiger partial charge on any atom is 0.0500 e. The van der Waals surface area contributed by atoms with E-state index in [2.05, 4.69) is 31.2 Å². The molecule has 0 saturated heterocycles. The summed E-state index contributed by atoms with van der Waals surface area (Å²) in [5, 5.41) is 9.12. The van der Waals surface area contributed by atoms with Gasteiger partial charge in [-0.15, -0.1) is 0 Å². The lowest BCUT2D eigenvalue weighted by Crippen LogP contribution is -2.10. The fraction of sp³-hybridized carbons (Fsp3) is 0.455. The van der Waals surface area contributed by atoms with Gasteiger partial charge in [0.05, 0.1) is 0 Å². The highest BCUT2D eigenvalue weighted by molar-refractivity contribution is 5.24. The Hall–Kier alpha value is -0.860. The van der Waals surface area contributed by atoms with Crippen LogP contribution in [0.25, 0.3) is 0 Å². The molecule has 1 aromatic carbocycles. The molecule has 1 atom stereocenters. The molecule has 72 valence electrons. The quantitative estimate of drug-likeness (QED) is 0.734. The molecule has 0 radical (unpaired) electrons. The van der Waals surface area contributed by atoms with Gasteiger partial charge in [0.25, 0.3) is 0 Å². The second kappa shape index (κ2) is 5.00. The number of aliphatic hydroxyl groups excluding tert-OH is 1. The average Bonchev–Trinajstić information content (AvgIpc) is 2.16. The number of aryl methyl sites for hydroxylation is 1. The lowest BCUT2D eigenvalue weighted by Gasteiger charge is -2.13. The second-order valence-corrected chi connectivity index (χ2v) is 3.37. The Bertz CT molecular complexity index is 243. The number of benzene rings is 1. The Morgan fingerprint density at radius 3 is 2.38 bits per heavy atom. The van der Waals surface area contributed by atoms with Crippen molar-refractivity contribution in [2.24, 2.45) is 5.73 Å². The third kappa shape index (κ3) is 2.83. The summed E-state index contributed by atoms with van der Waals surface area (Å²) in [6.07, 6.45) is 0.847. The van der Waals surface area contributed by atoms with Gasteiger partial charge in [-0.25, -0.2) is 0 Å². The zero-order chi connectivity index (χ0) is 9.68. The normalized spacial score (nSPS) is 12.8. The van der Waals surface area contributed by atoms with Crippen molar-refractivity contribution in [2.75, 3.05) is 13.2 Å². The lowest BCUT2D eigenvalue weighted by molar-refractivity contribution is 0.260. The largest absolute Gasteiger partial charge is 0.396 e. The summed E-state index contributed by atoms with van der Waals surface area (Å²) in [4.78, 5) is 0. The molecular weight excluding hydrogens is 162 g/mol. The van der Waals surface area contributed by atoms with Crippen LogP contribution < -0.4 is 5.73 Å². The van der Waals surface area contributed by atoms with Crippen LogP contribution in [0.15, 0.2) is 24.3 Å². The summed E-state index contributed by atoms with van der Waals surface area (Å²) in [6, 6.07) is 8.25. The lowest BCUT2D eigenvalue weighted by atomic mass is 9.96. The molecule has 0 aromatic heterocycles. The van der Waals surface area contributed by atoms with Crippen LogP contribution in [0.5, 0.6) is 0 Å². The van der Waals surface area contributed by atoms with Gasteiger partial charge in [0.1, 0.15) is 0 Å². The maximum absolute atomic E-state index is 9.12. The molecule has 2 heteroatoms. The van der Waals surface area contributed by atoms with E-state index >= 15 is 0 Å². The molecule has 0 heterocycles. The fourth-order valence-corrected chi connectivity index (χ4v) is 1.40. The van der Waals surface area contributed by atoms with Crippen LogP contribution >= 0.6 is 0 Å². The van der Waals surface area contributed by atoms with Gasteiger partial charge in [0.15, 0.2) is 0 Å². The van der Waals surface area contributed by atoms with Gasteiger partial charge in [-0.2, -0.15) is 0 Å². The highest BCUT2D eigenvalue weighted by Gasteiger charge is 2.08. The molecule has 13 heavy (non-hydrogen) atoms. The van der Waals surface area contributed by atoms with Crippen molar-refractivity contribution in [3.8, 4) is 0 Å². The molecular formula is C11H17NO. The van der Waals surface area contributed by atoms with E-state index in [1.54, 1.807) is 0 Å². The topological polar surface area (TPSA) is 46.2 Å². The van der Waals surface area contributed by atoms with Crippen LogP contribution in [0.1, 0.15) is 23.5 Å². The Labute approximate surface area is 79.4 Å². The van der Waals surface area contributed by atoms with Crippen LogP contribution in [0.2, 0.25) is 0 Å². The average molecular weight is 179 g/mol. The first-order valence-corrected chi connectivity index (χ1v) is 4.65. The van der Waals surface area contributed by atoms with Crippen molar-refractivity contribution in [2.45, 2.75) is 19.3 Å².